The first-order chi connectivity index (χ1) is 9.99. The highest BCUT2D eigenvalue weighted by molar-refractivity contribution is 5.87. The molecule has 1 aliphatic heterocycles. The van der Waals surface area contributed by atoms with E-state index in [0.717, 1.165) is 5.56 Å². The van der Waals surface area contributed by atoms with Gasteiger partial charge in [-0.2, -0.15) is 0 Å². The number of hydrogen-bond donors (Lipinski definition) is 1. The summed E-state index contributed by atoms with van der Waals surface area (Å²) in [5.74, 6) is -0.515. The topological polar surface area (TPSA) is 68.5 Å². The van der Waals surface area contributed by atoms with Crippen LogP contribution >= 0.6 is 0 Å². The van der Waals surface area contributed by atoms with Crippen molar-refractivity contribution in [1.29, 1.82) is 0 Å². The van der Waals surface area contributed by atoms with E-state index in [9.17, 15) is 9.59 Å². The van der Waals surface area contributed by atoms with Gasteiger partial charge in [0.25, 0.3) is 0 Å². The van der Waals surface area contributed by atoms with E-state index in [-0.39, 0.29) is 17.7 Å². The van der Waals surface area contributed by atoms with E-state index in [2.05, 4.69) is 0 Å². The molecular weight excluding hydrogens is 270 g/mol. The Hall–Kier alpha value is -2.56. The second-order valence-electron chi connectivity index (χ2n) is 5.21. The number of fused-ring (bicyclic) bond motifs is 3. The van der Waals surface area contributed by atoms with E-state index in [0.29, 0.717) is 11.4 Å². The van der Waals surface area contributed by atoms with E-state index < -0.39 is 11.4 Å². The molecule has 0 aliphatic carbocycles. The lowest BCUT2D eigenvalue weighted by molar-refractivity contribution is 0.0693. The third-order valence-electron chi connectivity index (χ3n) is 3.90. The van der Waals surface area contributed by atoms with Crippen LogP contribution in [0.3, 0.4) is 0 Å². The van der Waals surface area contributed by atoms with Gasteiger partial charge in [0, 0.05) is 17.8 Å². The Balaban J connectivity index is 2.35. The molecule has 5 nitrogen and oxygen atoms in total. The molecule has 5 heteroatoms. The fraction of sp³-hybridized carbons (Fsp3) is 0.250. The van der Waals surface area contributed by atoms with Gasteiger partial charge >= 0.3 is 5.97 Å². The third-order valence-corrected chi connectivity index (χ3v) is 3.90. The van der Waals surface area contributed by atoms with Crippen LogP contribution in [-0.4, -0.2) is 21.7 Å². The molecule has 1 aromatic heterocycles. The largest absolute Gasteiger partial charge is 0.488 e. The number of carboxylic acids is 1. The van der Waals surface area contributed by atoms with Gasteiger partial charge in [-0.15, -0.1) is 0 Å². The number of benzene rings is 1. The Kier molecular flexibility index (Phi) is 3.05. The number of aromatic carboxylic acids is 1. The molecule has 3 rings (SSSR count). The second-order valence-corrected chi connectivity index (χ2v) is 5.21. The number of carbonyl (C=O) groups is 1. The number of ether oxygens (including phenoxy) is 1. The Morgan fingerprint density at radius 3 is 2.71 bits per heavy atom. The van der Waals surface area contributed by atoms with Crippen molar-refractivity contribution >= 4 is 5.97 Å². The van der Waals surface area contributed by atoms with Crippen LogP contribution in [0.25, 0.3) is 11.3 Å². The van der Waals surface area contributed by atoms with Gasteiger partial charge in [-0.25, -0.2) is 4.79 Å². The van der Waals surface area contributed by atoms with Crippen LogP contribution in [0.4, 0.5) is 0 Å². The highest BCUT2D eigenvalue weighted by Crippen LogP contribution is 2.36. The Bertz CT molecular complexity index is 778. The molecule has 1 N–H and O–H groups in total. The highest BCUT2D eigenvalue weighted by Gasteiger charge is 2.26. The van der Waals surface area contributed by atoms with Crippen LogP contribution in [0.2, 0.25) is 0 Å². The summed E-state index contributed by atoms with van der Waals surface area (Å²) in [4.78, 5) is 23.2. The van der Waals surface area contributed by atoms with Gasteiger partial charge < -0.3 is 14.4 Å². The zero-order valence-corrected chi connectivity index (χ0v) is 11.7. The second kappa shape index (κ2) is 4.77. The van der Waals surface area contributed by atoms with Gasteiger partial charge in [-0.1, -0.05) is 12.1 Å². The minimum atomic E-state index is -1.21. The highest BCUT2D eigenvalue weighted by atomic mass is 16.5. The van der Waals surface area contributed by atoms with Crippen LogP contribution in [0.15, 0.2) is 41.3 Å². The van der Waals surface area contributed by atoms with Crippen LogP contribution < -0.4 is 10.2 Å². The van der Waals surface area contributed by atoms with Crippen LogP contribution in [-0.2, 0) is 0 Å². The molecule has 0 amide bonds. The van der Waals surface area contributed by atoms with Crippen molar-refractivity contribution in [3.63, 3.8) is 0 Å². The minimum absolute atomic E-state index is 0.0916. The summed E-state index contributed by atoms with van der Waals surface area (Å²) < 4.78 is 7.73. The predicted molar refractivity (Wildman–Crippen MR) is 77.9 cm³/mol. The average Bonchev–Trinajstić information content (AvgIpc) is 2.55. The Morgan fingerprint density at radius 2 is 2.00 bits per heavy atom. The van der Waals surface area contributed by atoms with Crippen molar-refractivity contribution < 1.29 is 14.6 Å². The fourth-order valence-electron chi connectivity index (χ4n) is 2.57. The molecule has 0 fully saturated rings. The molecule has 0 saturated heterocycles. The summed E-state index contributed by atoms with van der Waals surface area (Å²) in [6.45, 7) is 3.87. The van der Waals surface area contributed by atoms with E-state index in [4.69, 9.17) is 9.84 Å². The first-order valence-corrected chi connectivity index (χ1v) is 6.74. The Morgan fingerprint density at radius 1 is 1.29 bits per heavy atom. The summed E-state index contributed by atoms with van der Waals surface area (Å²) in [6, 6.07) is 8.74. The monoisotopic (exact) mass is 285 g/mol. The summed E-state index contributed by atoms with van der Waals surface area (Å²) in [5, 5.41) is 9.14. The number of para-hydroxylation sites is 1. The van der Waals surface area contributed by atoms with Gasteiger partial charge in [-0.05, 0) is 26.0 Å². The van der Waals surface area contributed by atoms with E-state index in [1.54, 1.807) is 4.57 Å². The van der Waals surface area contributed by atoms with Crippen molar-refractivity contribution in [3.05, 3.63) is 52.3 Å². The molecule has 0 saturated carbocycles. The minimum Gasteiger partial charge on any atom is -0.488 e. The summed E-state index contributed by atoms with van der Waals surface area (Å²) >= 11 is 0. The number of hydrogen-bond acceptors (Lipinski definition) is 3. The molecule has 1 aliphatic rings. The maximum Gasteiger partial charge on any atom is 0.341 e. The number of carboxylic acid groups (broad SMARTS) is 1. The third kappa shape index (κ3) is 2.11. The molecule has 0 radical (unpaired) electrons. The quantitative estimate of drug-likeness (QED) is 0.874. The van der Waals surface area contributed by atoms with Crippen LogP contribution in [0, 0.1) is 0 Å². The standard InChI is InChI=1S/C16H15NO4/c1-9-10(2)21-15-6-4-3-5-11(15)13-7-14(18)12(16(19)20)8-17(9)13/h3-10H,1-2H3,(H,19,20). The SMILES string of the molecule is CC1Oc2ccccc2-c2cc(=O)c(C(=O)O)cn2C1C. The van der Waals surface area contributed by atoms with Crippen molar-refractivity contribution in [2.45, 2.75) is 26.0 Å². The van der Waals surface area contributed by atoms with Gasteiger partial charge in [0.15, 0.2) is 5.43 Å². The summed E-state index contributed by atoms with van der Waals surface area (Å²) in [5.41, 5.74) is 0.752. The fourth-order valence-corrected chi connectivity index (χ4v) is 2.57. The lowest BCUT2D eigenvalue weighted by atomic mass is 10.1. The van der Waals surface area contributed by atoms with E-state index >= 15 is 0 Å². The smallest absolute Gasteiger partial charge is 0.341 e. The van der Waals surface area contributed by atoms with Crippen molar-refractivity contribution in [3.8, 4) is 17.0 Å². The van der Waals surface area contributed by atoms with Crippen LogP contribution in [0.1, 0.15) is 30.2 Å². The maximum atomic E-state index is 12.0. The molecule has 2 atom stereocenters. The number of pyridine rings is 1. The Labute approximate surface area is 121 Å². The van der Waals surface area contributed by atoms with Gasteiger partial charge in [0.2, 0.25) is 0 Å². The van der Waals surface area contributed by atoms with E-state index in [1.807, 2.05) is 38.1 Å². The number of rotatable bonds is 1. The van der Waals surface area contributed by atoms with Crippen molar-refractivity contribution in [2.24, 2.45) is 0 Å². The summed E-state index contributed by atoms with van der Waals surface area (Å²) in [7, 11) is 0. The molecule has 2 aromatic rings. The lowest BCUT2D eigenvalue weighted by Gasteiger charge is -2.22. The first-order valence-electron chi connectivity index (χ1n) is 6.74. The molecule has 0 spiro atoms. The summed E-state index contributed by atoms with van der Waals surface area (Å²) in [6.07, 6.45) is 1.27. The molecular formula is C16H15NO4. The predicted octanol–water partition coefficient (Wildman–Crippen LogP) is 2.56. The van der Waals surface area contributed by atoms with Gasteiger partial charge in [-0.3, -0.25) is 4.79 Å². The molecule has 2 heterocycles. The normalized spacial score (nSPS) is 19.9. The molecule has 2 unspecified atom stereocenters. The zero-order chi connectivity index (χ0) is 15.1. The van der Waals surface area contributed by atoms with Crippen molar-refractivity contribution in [1.82, 2.24) is 4.57 Å². The average molecular weight is 285 g/mol. The van der Waals surface area contributed by atoms with Gasteiger partial charge in [0.1, 0.15) is 17.4 Å². The maximum absolute atomic E-state index is 12.0. The molecule has 1 aromatic carbocycles. The molecule has 108 valence electrons. The first kappa shape index (κ1) is 13.4. The molecule has 0 bridgehead atoms. The van der Waals surface area contributed by atoms with Gasteiger partial charge in [0.05, 0.1) is 11.7 Å². The zero-order valence-electron chi connectivity index (χ0n) is 11.7. The van der Waals surface area contributed by atoms with Crippen molar-refractivity contribution in [2.75, 3.05) is 0 Å². The number of aromatic nitrogens is 1. The number of nitrogens with zero attached hydrogens (tertiary/aromatic N) is 1. The van der Waals surface area contributed by atoms with E-state index in [1.165, 1.54) is 12.3 Å². The van der Waals surface area contributed by atoms with Crippen LogP contribution in [0.5, 0.6) is 5.75 Å². The molecule has 21 heavy (non-hydrogen) atoms. The lowest BCUT2D eigenvalue weighted by Crippen LogP contribution is -2.26.